The number of hydrogen-bond donors (Lipinski definition) is 4. The molecule has 0 aromatic carbocycles. The van der Waals surface area contributed by atoms with E-state index >= 15 is 0 Å². The quantitative estimate of drug-likeness (QED) is 0.184. The third-order valence-electron chi connectivity index (χ3n) is 4.60. The fourth-order valence-corrected chi connectivity index (χ4v) is 3.67. The van der Waals surface area contributed by atoms with Gasteiger partial charge in [0.05, 0.1) is 12.3 Å². The van der Waals surface area contributed by atoms with Crippen molar-refractivity contribution in [1.82, 2.24) is 4.90 Å². The van der Waals surface area contributed by atoms with Gasteiger partial charge in [0.15, 0.2) is 5.25 Å². The van der Waals surface area contributed by atoms with Crippen LogP contribution in [0.4, 0.5) is 0 Å². The number of nitrogens with zero attached hydrogens (tertiary/aromatic N) is 1. The zero-order chi connectivity index (χ0) is 22.4. The predicted molar refractivity (Wildman–Crippen MR) is 104 cm³/mol. The second-order valence-corrected chi connectivity index (χ2v) is 8.35. The molecular weight excluding hydrogens is 433 g/mol. The molecule has 164 valence electrons. The van der Waals surface area contributed by atoms with E-state index in [-0.39, 0.29) is 53.2 Å². The Hall–Kier alpha value is -1.80. The summed E-state index contributed by atoms with van der Waals surface area (Å²) in [6, 6.07) is 0. The van der Waals surface area contributed by atoms with Crippen LogP contribution in [0.1, 0.15) is 32.1 Å². The van der Waals surface area contributed by atoms with Crippen LogP contribution in [0.5, 0.6) is 0 Å². The Balaban J connectivity index is 0.000000579. The molecule has 1 atom stereocenters. The first-order valence-electron chi connectivity index (χ1n) is 8.63. The number of rotatable bonds is 7. The van der Waals surface area contributed by atoms with Gasteiger partial charge >= 0.3 is 35.5 Å². The molecule has 0 saturated heterocycles. The average molecular weight is 457 g/mol. The zero-order valence-corrected chi connectivity index (χ0v) is 16.2. The van der Waals surface area contributed by atoms with E-state index in [0.29, 0.717) is 19.4 Å². The standard InChI is InChI=1S/C12H15NO4.C4H8N2O5S.Na.H/c14-10-5-6-11(15)13(10)7-8-1-3-9(4-2-8)12(16)17;5-3(7)1-2(4(6)8)12(9,10)11;;/h5-6,8-9H,1-4,7H2,(H,16,17);2H,1H2,(H2,5,7)(H2,6,8)(H,9,10,11);;. The molecule has 1 saturated carbocycles. The molecule has 14 heteroatoms. The third kappa shape index (κ3) is 8.92. The molecule has 30 heavy (non-hydrogen) atoms. The van der Waals surface area contributed by atoms with Crippen molar-refractivity contribution in [3.63, 3.8) is 0 Å². The fraction of sp³-hybridized carbons (Fsp3) is 0.562. The predicted octanol–water partition coefficient (Wildman–Crippen LogP) is -2.24. The Morgan fingerprint density at radius 3 is 1.83 bits per heavy atom. The summed E-state index contributed by atoms with van der Waals surface area (Å²) in [7, 11) is -4.63. The van der Waals surface area contributed by atoms with Crippen molar-refractivity contribution >= 4 is 69.3 Å². The van der Waals surface area contributed by atoms with Crippen molar-refractivity contribution in [3.05, 3.63) is 12.2 Å². The number of aliphatic carboxylic acids is 1. The summed E-state index contributed by atoms with van der Waals surface area (Å²) in [5.41, 5.74) is 9.19. The number of nitrogens with two attached hydrogens (primary N) is 2. The van der Waals surface area contributed by atoms with Crippen molar-refractivity contribution in [1.29, 1.82) is 0 Å². The van der Waals surface area contributed by atoms with Gasteiger partial charge in [-0.05, 0) is 31.6 Å². The van der Waals surface area contributed by atoms with Gasteiger partial charge in [-0.25, -0.2) is 0 Å². The molecule has 4 amide bonds. The van der Waals surface area contributed by atoms with E-state index < -0.39 is 39.6 Å². The van der Waals surface area contributed by atoms with E-state index in [1.807, 2.05) is 0 Å². The van der Waals surface area contributed by atoms with E-state index in [4.69, 9.17) is 9.66 Å². The summed E-state index contributed by atoms with van der Waals surface area (Å²) in [4.78, 5) is 55.3. The number of hydrogen-bond acceptors (Lipinski definition) is 7. The number of imide groups is 1. The molecule has 0 radical (unpaired) electrons. The van der Waals surface area contributed by atoms with Gasteiger partial charge in [-0.3, -0.25) is 33.4 Å². The average Bonchev–Trinajstić information content (AvgIpc) is 2.91. The first kappa shape index (κ1) is 28.2. The summed E-state index contributed by atoms with van der Waals surface area (Å²) in [6.07, 6.45) is 4.58. The summed E-state index contributed by atoms with van der Waals surface area (Å²) in [6.45, 7) is 0.428. The number of carboxylic acids is 1. The summed E-state index contributed by atoms with van der Waals surface area (Å²) >= 11 is 0. The first-order chi connectivity index (χ1) is 13.3. The van der Waals surface area contributed by atoms with Crippen LogP contribution in [-0.4, -0.2) is 93.9 Å². The van der Waals surface area contributed by atoms with E-state index in [1.165, 1.54) is 17.1 Å². The second-order valence-electron chi connectivity index (χ2n) is 6.75. The van der Waals surface area contributed by atoms with Crippen molar-refractivity contribution in [2.75, 3.05) is 6.54 Å². The van der Waals surface area contributed by atoms with Crippen molar-refractivity contribution in [3.8, 4) is 0 Å². The van der Waals surface area contributed by atoms with Gasteiger partial charge in [-0.2, -0.15) is 8.42 Å². The molecule has 0 bridgehead atoms. The number of primary amides is 2. The van der Waals surface area contributed by atoms with Crippen LogP contribution in [0.2, 0.25) is 0 Å². The monoisotopic (exact) mass is 457 g/mol. The minimum absolute atomic E-state index is 0. The maximum absolute atomic E-state index is 11.4. The Kier molecular flexibility index (Phi) is 11.4. The molecule has 0 aromatic rings. The van der Waals surface area contributed by atoms with Crippen molar-refractivity contribution in [2.24, 2.45) is 23.3 Å². The van der Waals surface area contributed by atoms with Gasteiger partial charge in [-0.15, -0.1) is 0 Å². The summed E-state index contributed by atoms with van der Waals surface area (Å²) in [5, 5.41) is 6.92. The number of amides is 4. The molecule has 1 aliphatic carbocycles. The Morgan fingerprint density at radius 1 is 1.07 bits per heavy atom. The Labute approximate surface area is 195 Å². The van der Waals surface area contributed by atoms with Gasteiger partial charge in [-0.1, -0.05) is 0 Å². The molecule has 1 fully saturated rings. The van der Waals surface area contributed by atoms with Gasteiger partial charge in [0.25, 0.3) is 21.9 Å². The van der Waals surface area contributed by atoms with E-state index in [9.17, 15) is 32.4 Å². The molecule has 0 aromatic heterocycles. The van der Waals surface area contributed by atoms with Crippen LogP contribution in [-0.2, 0) is 34.1 Å². The molecule has 1 unspecified atom stereocenters. The van der Waals surface area contributed by atoms with Gasteiger partial charge in [0.1, 0.15) is 0 Å². The molecule has 2 aliphatic rings. The molecule has 0 spiro atoms. The van der Waals surface area contributed by atoms with Crippen LogP contribution in [0.15, 0.2) is 12.2 Å². The SMILES string of the molecule is NC(=O)CC(C(N)=O)S(=O)(=O)O.O=C(O)C1CCC(CN2C(=O)C=CC2=O)CC1.[NaH]. The van der Waals surface area contributed by atoms with Crippen LogP contribution in [0.3, 0.4) is 0 Å². The topological polar surface area (TPSA) is 215 Å². The van der Waals surface area contributed by atoms with E-state index in [1.54, 1.807) is 0 Å². The van der Waals surface area contributed by atoms with E-state index in [2.05, 4.69) is 11.5 Å². The van der Waals surface area contributed by atoms with Crippen LogP contribution in [0.25, 0.3) is 0 Å². The summed E-state index contributed by atoms with van der Waals surface area (Å²) < 4.78 is 29.1. The maximum atomic E-state index is 11.4. The van der Waals surface area contributed by atoms with Crippen molar-refractivity contribution < 1.29 is 42.0 Å². The Morgan fingerprint density at radius 2 is 1.53 bits per heavy atom. The van der Waals surface area contributed by atoms with Crippen LogP contribution in [0, 0.1) is 11.8 Å². The first-order valence-corrected chi connectivity index (χ1v) is 10.1. The van der Waals surface area contributed by atoms with Crippen LogP contribution < -0.4 is 11.5 Å². The second kappa shape index (κ2) is 12.2. The minimum atomic E-state index is -4.63. The normalized spacial score (nSPS) is 21.8. The third-order valence-corrected chi connectivity index (χ3v) is 5.72. The fourth-order valence-electron chi connectivity index (χ4n) is 3.00. The molecule has 2 rings (SSSR count). The van der Waals surface area contributed by atoms with Gasteiger partial charge < -0.3 is 16.6 Å². The van der Waals surface area contributed by atoms with Gasteiger partial charge in [0.2, 0.25) is 11.8 Å². The zero-order valence-electron chi connectivity index (χ0n) is 15.4. The molecule has 6 N–H and O–H groups in total. The molecule has 12 nitrogen and oxygen atoms in total. The number of carbonyl (C=O) groups excluding carboxylic acids is 4. The summed E-state index contributed by atoms with van der Waals surface area (Å²) in [5.74, 6) is -3.59. The molecule has 1 heterocycles. The molecule has 1 aliphatic heterocycles. The Bertz CT molecular complexity index is 802. The number of carbonyl (C=O) groups is 5. The van der Waals surface area contributed by atoms with E-state index in [0.717, 1.165) is 12.8 Å². The molecular formula is C16H24N3NaO9S. The van der Waals surface area contributed by atoms with Gasteiger partial charge in [0, 0.05) is 18.7 Å². The van der Waals surface area contributed by atoms with Crippen LogP contribution >= 0.6 is 0 Å². The number of carboxylic acid groups (broad SMARTS) is 1. The van der Waals surface area contributed by atoms with Crippen molar-refractivity contribution in [2.45, 2.75) is 37.4 Å².